The number of carbonyl (C=O) groups is 2. The third-order valence-corrected chi connectivity index (χ3v) is 6.01. The minimum absolute atomic E-state index is 0.0279. The molecule has 2 heterocycles. The van der Waals surface area contributed by atoms with Crippen molar-refractivity contribution in [3.8, 4) is 0 Å². The largest absolute Gasteiger partial charge is 0.336 e. The van der Waals surface area contributed by atoms with Gasteiger partial charge in [0.1, 0.15) is 0 Å². The number of anilines is 2. The number of fused-ring (bicyclic) bond motifs is 2. The normalized spacial score (nSPS) is 19.7. The number of urea groups is 1. The molecule has 1 spiro atoms. The molecule has 5 nitrogen and oxygen atoms in total. The van der Waals surface area contributed by atoms with Crippen LogP contribution in [0.15, 0.2) is 42.5 Å². The lowest BCUT2D eigenvalue weighted by atomic mass is 9.99. The van der Waals surface area contributed by atoms with Crippen LogP contribution in [0.3, 0.4) is 0 Å². The molecule has 0 unspecified atom stereocenters. The summed E-state index contributed by atoms with van der Waals surface area (Å²) in [6, 6.07) is 13.8. The minimum Gasteiger partial charge on any atom is -0.336 e. The number of benzene rings is 2. The summed E-state index contributed by atoms with van der Waals surface area (Å²) < 4.78 is 0. The zero-order valence-corrected chi connectivity index (χ0v) is 14.8. The van der Waals surface area contributed by atoms with Gasteiger partial charge in [0, 0.05) is 42.0 Å². The minimum atomic E-state index is -0.0962. The fourth-order valence-corrected chi connectivity index (χ4v) is 4.38. The second kappa shape index (κ2) is 5.34. The Morgan fingerprint density at radius 1 is 1.08 bits per heavy atom. The maximum atomic E-state index is 13.4. The molecule has 5 rings (SSSR count). The summed E-state index contributed by atoms with van der Waals surface area (Å²) in [6.45, 7) is 3.97. The van der Waals surface area contributed by atoms with Crippen LogP contribution in [0.1, 0.15) is 34.3 Å². The van der Waals surface area contributed by atoms with Gasteiger partial charge in [-0.2, -0.15) is 0 Å². The van der Waals surface area contributed by atoms with Crippen molar-refractivity contribution in [2.75, 3.05) is 29.4 Å². The number of rotatable bonds is 2. The van der Waals surface area contributed by atoms with Crippen LogP contribution in [0.4, 0.5) is 16.2 Å². The highest BCUT2D eigenvalue weighted by molar-refractivity contribution is 6.10. The maximum absolute atomic E-state index is 13.4. The molecule has 3 amide bonds. The predicted molar refractivity (Wildman–Crippen MR) is 101 cm³/mol. The summed E-state index contributed by atoms with van der Waals surface area (Å²) in [4.78, 5) is 29.1. The van der Waals surface area contributed by atoms with Gasteiger partial charge in [0.05, 0.1) is 0 Å². The van der Waals surface area contributed by atoms with Crippen molar-refractivity contribution in [2.24, 2.45) is 0 Å². The van der Waals surface area contributed by atoms with E-state index in [1.807, 2.05) is 42.2 Å². The number of nitrogens with zero attached hydrogens (tertiary/aromatic N) is 2. The fourth-order valence-electron chi connectivity index (χ4n) is 4.38. The molecule has 0 atom stereocenters. The second-order valence-electron chi connectivity index (χ2n) is 7.52. The average Bonchev–Trinajstić information content (AvgIpc) is 3.20. The molecule has 2 aromatic carbocycles. The smallest absolute Gasteiger partial charge is 0.322 e. The third kappa shape index (κ3) is 2.09. The molecule has 2 fully saturated rings. The van der Waals surface area contributed by atoms with Gasteiger partial charge < -0.3 is 10.2 Å². The van der Waals surface area contributed by atoms with E-state index in [9.17, 15) is 9.59 Å². The van der Waals surface area contributed by atoms with E-state index in [1.165, 1.54) is 5.56 Å². The Bertz CT molecular complexity index is 933. The Labute approximate surface area is 152 Å². The molecule has 1 saturated heterocycles. The van der Waals surface area contributed by atoms with Crippen LogP contribution >= 0.6 is 0 Å². The van der Waals surface area contributed by atoms with Crippen molar-refractivity contribution >= 4 is 23.3 Å². The van der Waals surface area contributed by atoms with Crippen molar-refractivity contribution in [2.45, 2.75) is 25.2 Å². The van der Waals surface area contributed by atoms with Gasteiger partial charge in [-0.3, -0.25) is 9.69 Å². The van der Waals surface area contributed by atoms with Crippen molar-refractivity contribution < 1.29 is 9.59 Å². The lowest BCUT2D eigenvalue weighted by Crippen LogP contribution is -2.33. The molecule has 132 valence electrons. The number of hydrogen-bond acceptors (Lipinski definition) is 2. The molecule has 0 bridgehead atoms. The van der Waals surface area contributed by atoms with Gasteiger partial charge in [0.15, 0.2) is 0 Å². The first kappa shape index (κ1) is 15.4. The molecule has 1 N–H and O–H groups in total. The van der Waals surface area contributed by atoms with Crippen LogP contribution < -0.4 is 15.1 Å². The van der Waals surface area contributed by atoms with E-state index in [4.69, 9.17) is 0 Å². The van der Waals surface area contributed by atoms with Gasteiger partial charge in [0.2, 0.25) is 0 Å². The molecular formula is C21H21N3O2. The summed E-state index contributed by atoms with van der Waals surface area (Å²) in [5, 5.41) is 2.82. The van der Waals surface area contributed by atoms with Crippen molar-refractivity contribution in [1.29, 1.82) is 0 Å². The van der Waals surface area contributed by atoms with E-state index >= 15 is 0 Å². The van der Waals surface area contributed by atoms with Crippen LogP contribution in [0, 0.1) is 6.92 Å². The van der Waals surface area contributed by atoms with Crippen LogP contribution in [-0.2, 0) is 5.41 Å². The van der Waals surface area contributed by atoms with Crippen LogP contribution in [-0.4, -0.2) is 31.6 Å². The molecule has 5 heteroatoms. The zero-order chi connectivity index (χ0) is 17.9. The first-order valence-corrected chi connectivity index (χ1v) is 9.17. The lowest BCUT2D eigenvalue weighted by Gasteiger charge is -2.22. The maximum Gasteiger partial charge on any atom is 0.322 e. The number of para-hydroxylation sites is 1. The summed E-state index contributed by atoms with van der Waals surface area (Å²) in [7, 11) is 0. The molecule has 2 aromatic rings. The quantitative estimate of drug-likeness (QED) is 0.907. The highest BCUT2D eigenvalue weighted by atomic mass is 16.2. The third-order valence-electron chi connectivity index (χ3n) is 6.01. The first-order valence-electron chi connectivity index (χ1n) is 9.17. The summed E-state index contributed by atoms with van der Waals surface area (Å²) in [5.74, 6) is 0.0279. The second-order valence-corrected chi connectivity index (χ2v) is 7.52. The Kier molecular flexibility index (Phi) is 3.17. The van der Waals surface area contributed by atoms with Crippen molar-refractivity contribution in [3.63, 3.8) is 0 Å². The molecule has 3 aliphatic rings. The molecule has 1 saturated carbocycles. The highest BCUT2D eigenvalue weighted by Crippen LogP contribution is 2.56. The SMILES string of the molecule is Cc1c(C(=O)N2CC3(CC3)c3ccccc32)cccc1N1CCNC1=O. The van der Waals surface area contributed by atoms with Crippen LogP contribution in [0.25, 0.3) is 0 Å². The predicted octanol–water partition coefficient (Wildman–Crippen LogP) is 3.22. The van der Waals surface area contributed by atoms with Gasteiger partial charge in [-0.1, -0.05) is 24.3 Å². The lowest BCUT2D eigenvalue weighted by molar-refractivity contribution is 0.0987. The van der Waals surface area contributed by atoms with Gasteiger partial charge in [-0.25, -0.2) is 4.79 Å². The first-order chi connectivity index (χ1) is 12.6. The van der Waals surface area contributed by atoms with E-state index in [0.29, 0.717) is 18.7 Å². The van der Waals surface area contributed by atoms with E-state index in [0.717, 1.165) is 36.3 Å². The van der Waals surface area contributed by atoms with Gasteiger partial charge in [0.25, 0.3) is 5.91 Å². The highest BCUT2D eigenvalue weighted by Gasteiger charge is 2.52. The number of nitrogens with one attached hydrogen (secondary N) is 1. The van der Waals surface area contributed by atoms with E-state index in [-0.39, 0.29) is 17.4 Å². The monoisotopic (exact) mass is 347 g/mol. The van der Waals surface area contributed by atoms with Gasteiger partial charge in [-0.05, 0) is 49.1 Å². The summed E-state index contributed by atoms with van der Waals surface area (Å²) >= 11 is 0. The van der Waals surface area contributed by atoms with E-state index in [2.05, 4.69) is 17.4 Å². The molecular weight excluding hydrogens is 326 g/mol. The van der Waals surface area contributed by atoms with Gasteiger partial charge in [-0.15, -0.1) is 0 Å². The molecule has 26 heavy (non-hydrogen) atoms. The fraction of sp³-hybridized carbons (Fsp3) is 0.333. The summed E-state index contributed by atoms with van der Waals surface area (Å²) in [5.41, 5.74) is 4.88. The van der Waals surface area contributed by atoms with Crippen molar-refractivity contribution in [3.05, 3.63) is 59.2 Å². The topological polar surface area (TPSA) is 52.7 Å². The Hall–Kier alpha value is -2.82. The Morgan fingerprint density at radius 3 is 2.58 bits per heavy atom. The van der Waals surface area contributed by atoms with Crippen molar-refractivity contribution in [1.82, 2.24) is 5.32 Å². The molecule has 2 aliphatic heterocycles. The number of carbonyl (C=O) groups excluding carboxylic acids is 2. The van der Waals surface area contributed by atoms with Crippen LogP contribution in [0.2, 0.25) is 0 Å². The van der Waals surface area contributed by atoms with Crippen LogP contribution in [0.5, 0.6) is 0 Å². The Balaban J connectivity index is 1.53. The number of hydrogen-bond donors (Lipinski definition) is 1. The Morgan fingerprint density at radius 2 is 1.85 bits per heavy atom. The standard InChI is InChI=1S/C21H21N3O2/c1-14-15(5-4-8-17(14)23-12-11-22-20(23)26)19(25)24-13-21(9-10-21)16-6-2-3-7-18(16)24/h2-8H,9-13H2,1H3,(H,22,26). The molecule has 1 aliphatic carbocycles. The zero-order valence-electron chi connectivity index (χ0n) is 14.8. The average molecular weight is 347 g/mol. The van der Waals surface area contributed by atoms with Gasteiger partial charge >= 0.3 is 6.03 Å². The number of amides is 3. The van der Waals surface area contributed by atoms with E-state index in [1.54, 1.807) is 4.90 Å². The van der Waals surface area contributed by atoms with E-state index < -0.39 is 0 Å². The summed E-state index contributed by atoms with van der Waals surface area (Å²) in [6.07, 6.45) is 2.31. The molecule has 0 aromatic heterocycles. The molecule has 0 radical (unpaired) electrons.